The second-order valence-corrected chi connectivity index (χ2v) is 7.27. The van der Waals surface area contributed by atoms with Crippen LogP contribution in [0.3, 0.4) is 0 Å². The maximum Gasteiger partial charge on any atom is 0.320 e. The molecule has 154 valence electrons. The first-order chi connectivity index (χ1) is 14.2. The number of hydrogen-bond donors (Lipinski definition) is 0. The van der Waals surface area contributed by atoms with Crippen molar-refractivity contribution in [3.8, 4) is 5.75 Å². The lowest BCUT2D eigenvalue weighted by atomic mass is 10.2. The molecule has 2 aromatic carbocycles. The number of benzene rings is 2. The highest BCUT2D eigenvalue weighted by atomic mass is 19.1. The van der Waals surface area contributed by atoms with Crippen LogP contribution in [0.5, 0.6) is 5.75 Å². The number of piperazine rings is 1. The van der Waals surface area contributed by atoms with Gasteiger partial charge in [-0.3, -0.25) is 0 Å². The van der Waals surface area contributed by atoms with Crippen molar-refractivity contribution in [2.45, 2.75) is 6.61 Å². The number of anilines is 1. The van der Waals surface area contributed by atoms with Crippen molar-refractivity contribution in [1.29, 1.82) is 0 Å². The van der Waals surface area contributed by atoms with Gasteiger partial charge in [0.05, 0.1) is 13.2 Å². The quantitative estimate of drug-likeness (QED) is 0.793. The zero-order chi connectivity index (χ0) is 20.1. The van der Waals surface area contributed by atoms with Crippen LogP contribution in [-0.2, 0) is 11.3 Å². The SMILES string of the molecule is O=C(N1CCOCC1)N1CCN(c2cccc(OCc3cccc(F)c3)c2)CC1. The van der Waals surface area contributed by atoms with Gasteiger partial charge >= 0.3 is 6.03 Å². The zero-order valence-corrected chi connectivity index (χ0v) is 16.4. The van der Waals surface area contributed by atoms with Crippen LogP contribution in [0, 0.1) is 5.82 Å². The summed E-state index contributed by atoms with van der Waals surface area (Å²) in [5.41, 5.74) is 1.87. The Bertz CT molecular complexity index is 834. The fourth-order valence-corrected chi connectivity index (χ4v) is 3.67. The Morgan fingerprint density at radius 1 is 0.931 bits per heavy atom. The van der Waals surface area contributed by atoms with Gasteiger partial charge in [-0.05, 0) is 29.8 Å². The maximum atomic E-state index is 13.3. The predicted molar refractivity (Wildman–Crippen MR) is 109 cm³/mol. The van der Waals surface area contributed by atoms with E-state index < -0.39 is 0 Å². The standard InChI is InChI=1S/C22H26FN3O3/c23-19-4-1-3-18(15-19)17-29-21-6-2-5-20(16-21)24-7-9-25(10-8-24)22(27)26-11-13-28-14-12-26/h1-6,15-16H,7-14,17H2. The second-order valence-electron chi connectivity index (χ2n) is 7.27. The lowest BCUT2D eigenvalue weighted by molar-refractivity contribution is 0.0428. The molecule has 2 fully saturated rings. The molecule has 29 heavy (non-hydrogen) atoms. The van der Waals surface area contributed by atoms with E-state index in [-0.39, 0.29) is 11.8 Å². The van der Waals surface area contributed by atoms with E-state index >= 15 is 0 Å². The van der Waals surface area contributed by atoms with Crippen molar-refractivity contribution in [3.63, 3.8) is 0 Å². The lowest BCUT2D eigenvalue weighted by Crippen LogP contribution is -2.54. The molecule has 0 aliphatic carbocycles. The van der Waals surface area contributed by atoms with Gasteiger partial charge in [0.15, 0.2) is 0 Å². The van der Waals surface area contributed by atoms with Crippen LogP contribution in [0.2, 0.25) is 0 Å². The molecule has 0 N–H and O–H groups in total. The molecule has 7 heteroatoms. The number of carbonyl (C=O) groups excluding carboxylic acids is 1. The molecule has 2 amide bonds. The van der Waals surface area contributed by atoms with Gasteiger partial charge in [-0.2, -0.15) is 0 Å². The summed E-state index contributed by atoms with van der Waals surface area (Å²) < 4.78 is 24.5. The van der Waals surface area contributed by atoms with Crippen molar-refractivity contribution in [3.05, 3.63) is 59.9 Å². The van der Waals surface area contributed by atoms with Crippen LogP contribution in [0.25, 0.3) is 0 Å². The smallest absolute Gasteiger partial charge is 0.320 e. The number of hydrogen-bond acceptors (Lipinski definition) is 4. The number of morpholine rings is 1. The third-order valence-corrected chi connectivity index (χ3v) is 5.31. The molecule has 6 nitrogen and oxygen atoms in total. The van der Waals surface area contributed by atoms with E-state index in [1.54, 1.807) is 6.07 Å². The summed E-state index contributed by atoms with van der Waals surface area (Å²) >= 11 is 0. The van der Waals surface area contributed by atoms with E-state index in [1.807, 2.05) is 34.1 Å². The van der Waals surface area contributed by atoms with Gasteiger partial charge in [-0.15, -0.1) is 0 Å². The van der Waals surface area contributed by atoms with Crippen LogP contribution in [-0.4, -0.2) is 68.3 Å². The molecule has 2 saturated heterocycles. The highest BCUT2D eigenvalue weighted by molar-refractivity contribution is 5.75. The molecule has 0 spiro atoms. The summed E-state index contributed by atoms with van der Waals surface area (Å²) in [6.07, 6.45) is 0. The molecule has 2 aromatic rings. The Balaban J connectivity index is 1.31. The van der Waals surface area contributed by atoms with Crippen LogP contribution in [0.1, 0.15) is 5.56 Å². The highest BCUT2D eigenvalue weighted by Gasteiger charge is 2.26. The van der Waals surface area contributed by atoms with Gasteiger partial charge < -0.3 is 24.2 Å². The minimum Gasteiger partial charge on any atom is -0.489 e. The fraction of sp³-hybridized carbons (Fsp3) is 0.409. The van der Waals surface area contributed by atoms with Crippen molar-refractivity contribution < 1.29 is 18.7 Å². The van der Waals surface area contributed by atoms with Gasteiger partial charge in [0.25, 0.3) is 0 Å². The Hall–Kier alpha value is -2.80. The van der Waals surface area contributed by atoms with Crippen LogP contribution >= 0.6 is 0 Å². The first kappa shape index (κ1) is 19.5. The van der Waals surface area contributed by atoms with Crippen LogP contribution in [0.15, 0.2) is 48.5 Å². The van der Waals surface area contributed by atoms with Crippen LogP contribution < -0.4 is 9.64 Å². The van der Waals surface area contributed by atoms with Crippen molar-refractivity contribution in [1.82, 2.24) is 9.80 Å². The van der Waals surface area contributed by atoms with Crippen molar-refractivity contribution in [2.75, 3.05) is 57.4 Å². The zero-order valence-electron chi connectivity index (χ0n) is 16.4. The van der Waals surface area contributed by atoms with E-state index in [0.717, 1.165) is 30.1 Å². The lowest BCUT2D eigenvalue weighted by Gasteiger charge is -2.39. The summed E-state index contributed by atoms with van der Waals surface area (Å²) in [7, 11) is 0. The number of ether oxygens (including phenoxy) is 2. The molecule has 4 rings (SSSR count). The molecule has 2 aliphatic rings. The molecular weight excluding hydrogens is 373 g/mol. The van der Waals surface area contributed by atoms with Crippen LogP contribution in [0.4, 0.5) is 14.9 Å². The fourth-order valence-electron chi connectivity index (χ4n) is 3.67. The largest absolute Gasteiger partial charge is 0.489 e. The molecule has 0 saturated carbocycles. The van der Waals surface area contributed by atoms with Crippen molar-refractivity contribution >= 4 is 11.7 Å². The highest BCUT2D eigenvalue weighted by Crippen LogP contribution is 2.23. The number of rotatable bonds is 4. The molecular formula is C22H26FN3O3. The molecule has 0 aromatic heterocycles. The second kappa shape index (κ2) is 9.13. The third kappa shape index (κ3) is 4.98. The van der Waals surface area contributed by atoms with E-state index in [0.29, 0.717) is 46.0 Å². The topological polar surface area (TPSA) is 45.2 Å². The predicted octanol–water partition coefficient (Wildman–Crippen LogP) is 2.98. The molecule has 0 unspecified atom stereocenters. The van der Waals surface area contributed by atoms with Gasteiger partial charge in [-0.25, -0.2) is 9.18 Å². The first-order valence-electron chi connectivity index (χ1n) is 10.0. The van der Waals surface area contributed by atoms with E-state index in [2.05, 4.69) is 11.0 Å². The summed E-state index contributed by atoms with van der Waals surface area (Å²) in [5.74, 6) is 0.489. The van der Waals surface area contributed by atoms with E-state index in [4.69, 9.17) is 9.47 Å². The average Bonchev–Trinajstić information content (AvgIpc) is 2.78. The Morgan fingerprint density at radius 2 is 1.66 bits per heavy atom. The normalized spacial score (nSPS) is 17.3. The monoisotopic (exact) mass is 399 g/mol. The molecule has 0 radical (unpaired) electrons. The molecule has 0 atom stereocenters. The van der Waals surface area contributed by atoms with E-state index in [9.17, 15) is 9.18 Å². The summed E-state index contributed by atoms with van der Waals surface area (Å²) in [4.78, 5) is 18.7. The minimum atomic E-state index is -0.260. The number of halogens is 1. The van der Waals surface area contributed by atoms with Gasteiger partial charge in [0, 0.05) is 51.0 Å². The summed E-state index contributed by atoms with van der Waals surface area (Å²) in [5, 5.41) is 0. The molecule has 0 bridgehead atoms. The Morgan fingerprint density at radius 3 is 2.41 bits per heavy atom. The maximum absolute atomic E-state index is 13.3. The Labute approximate surface area is 170 Å². The first-order valence-corrected chi connectivity index (χ1v) is 10.0. The minimum absolute atomic E-state index is 0.111. The number of nitrogens with zero attached hydrogens (tertiary/aromatic N) is 3. The Kier molecular flexibility index (Phi) is 6.14. The molecule has 2 aliphatic heterocycles. The van der Waals surface area contributed by atoms with Gasteiger partial charge in [0.2, 0.25) is 0 Å². The summed E-state index contributed by atoms with van der Waals surface area (Å²) in [6, 6.07) is 14.5. The summed E-state index contributed by atoms with van der Waals surface area (Å²) in [6.45, 7) is 5.86. The third-order valence-electron chi connectivity index (χ3n) is 5.31. The van der Waals surface area contributed by atoms with Crippen molar-refractivity contribution in [2.24, 2.45) is 0 Å². The number of urea groups is 1. The van der Waals surface area contributed by atoms with Gasteiger partial charge in [0.1, 0.15) is 18.2 Å². The van der Waals surface area contributed by atoms with E-state index in [1.165, 1.54) is 12.1 Å². The molecule has 2 heterocycles. The average molecular weight is 399 g/mol. The van der Waals surface area contributed by atoms with Gasteiger partial charge in [-0.1, -0.05) is 18.2 Å². The number of amides is 2. The number of carbonyl (C=O) groups is 1.